The van der Waals surface area contributed by atoms with Gasteiger partial charge in [0.05, 0.1) is 29.1 Å². The molecule has 0 atom stereocenters. The number of ether oxygens (including phenoxy) is 2. The first kappa shape index (κ1) is 30.9. The van der Waals surface area contributed by atoms with Gasteiger partial charge in [-0.25, -0.2) is 14.4 Å². The topological polar surface area (TPSA) is 154 Å². The lowest BCUT2D eigenvalue weighted by Gasteiger charge is -2.59. The number of halogens is 1. The smallest absolute Gasteiger partial charge is 0.488 e. The fourth-order valence-corrected chi connectivity index (χ4v) is 6.12. The summed E-state index contributed by atoms with van der Waals surface area (Å²) in [7, 11) is -1.63. The largest absolute Gasteiger partial charge is 0.490 e. The van der Waals surface area contributed by atoms with Gasteiger partial charge in [0.25, 0.3) is 5.91 Å². The first-order chi connectivity index (χ1) is 22.3. The Balaban J connectivity index is 1.16. The van der Waals surface area contributed by atoms with Crippen LogP contribution in [0.1, 0.15) is 41.4 Å². The number of hydrogen-bond donors (Lipinski definition) is 3. The highest BCUT2D eigenvalue weighted by atomic mass is 19.1. The van der Waals surface area contributed by atoms with Gasteiger partial charge in [-0.3, -0.25) is 9.78 Å². The number of aromatic nitrogens is 3. The van der Waals surface area contributed by atoms with Crippen molar-refractivity contribution in [3.63, 3.8) is 0 Å². The molecule has 2 aliphatic rings. The quantitative estimate of drug-likeness (QED) is 0.213. The Morgan fingerprint density at radius 3 is 2.78 bits per heavy atom. The minimum atomic E-state index is -1.63. The van der Waals surface area contributed by atoms with E-state index >= 15 is 0 Å². The van der Waals surface area contributed by atoms with Gasteiger partial charge in [-0.15, -0.1) is 0 Å². The molecule has 1 saturated carbocycles. The predicted molar refractivity (Wildman–Crippen MR) is 168 cm³/mol. The van der Waals surface area contributed by atoms with Gasteiger partial charge >= 0.3 is 7.12 Å². The zero-order valence-corrected chi connectivity index (χ0v) is 25.2. The number of nitriles is 1. The van der Waals surface area contributed by atoms with E-state index in [4.69, 9.17) is 14.5 Å². The van der Waals surface area contributed by atoms with Crippen molar-refractivity contribution < 1.29 is 28.7 Å². The van der Waals surface area contributed by atoms with E-state index < -0.39 is 18.8 Å². The maximum Gasteiger partial charge on any atom is 0.490 e. The molecule has 1 saturated heterocycles. The summed E-state index contributed by atoms with van der Waals surface area (Å²) in [4.78, 5) is 28.7. The molecule has 1 amide bonds. The van der Waals surface area contributed by atoms with E-state index in [0.29, 0.717) is 41.5 Å². The summed E-state index contributed by atoms with van der Waals surface area (Å²) in [5.41, 5.74) is 3.37. The summed E-state index contributed by atoms with van der Waals surface area (Å²) in [6.07, 6.45) is 6.44. The van der Waals surface area contributed by atoms with Gasteiger partial charge in [0, 0.05) is 49.1 Å². The van der Waals surface area contributed by atoms with Crippen molar-refractivity contribution in [3.05, 3.63) is 89.8 Å². The van der Waals surface area contributed by atoms with Gasteiger partial charge in [-0.05, 0) is 74.2 Å². The molecule has 3 aromatic heterocycles. The highest BCUT2D eigenvalue weighted by Gasteiger charge is 2.54. The Bertz CT molecular complexity index is 1790. The number of amides is 1. The molecule has 46 heavy (non-hydrogen) atoms. The SMILES string of the molecule is CCOc1ncccc1-c1ccc(OC2CC3(C2)CN(c2ccc(F)cc2C#N)C3)c(C(=O)NCCc2cncc(B(O)O)c2)n1. The van der Waals surface area contributed by atoms with E-state index in [1.807, 2.05) is 13.0 Å². The summed E-state index contributed by atoms with van der Waals surface area (Å²) in [5.74, 6) is -0.0876. The fourth-order valence-electron chi connectivity index (χ4n) is 6.12. The molecule has 0 bridgehead atoms. The molecule has 1 spiro atoms. The number of pyridine rings is 3. The van der Waals surface area contributed by atoms with Gasteiger partial charge in [0.2, 0.25) is 5.88 Å². The van der Waals surface area contributed by atoms with Crippen molar-refractivity contribution in [1.82, 2.24) is 20.3 Å². The summed E-state index contributed by atoms with van der Waals surface area (Å²) >= 11 is 0. The molecular formula is C33H32BFN6O5. The number of nitrogens with zero attached hydrogens (tertiary/aromatic N) is 5. The van der Waals surface area contributed by atoms with Crippen LogP contribution >= 0.6 is 0 Å². The van der Waals surface area contributed by atoms with E-state index in [2.05, 4.69) is 26.3 Å². The van der Waals surface area contributed by atoms with E-state index in [0.717, 1.165) is 37.2 Å². The lowest BCUT2D eigenvalue weighted by Crippen LogP contribution is -2.65. The number of nitrogens with one attached hydrogen (secondary N) is 1. The molecule has 1 aromatic carbocycles. The molecule has 3 N–H and O–H groups in total. The van der Waals surface area contributed by atoms with Gasteiger partial charge < -0.3 is 29.7 Å². The lowest BCUT2D eigenvalue weighted by atomic mass is 9.61. The van der Waals surface area contributed by atoms with Crippen molar-refractivity contribution in [3.8, 4) is 29.0 Å². The molecule has 13 heteroatoms. The van der Waals surface area contributed by atoms with Gasteiger partial charge in [-0.1, -0.05) is 6.07 Å². The van der Waals surface area contributed by atoms with E-state index in [9.17, 15) is 24.5 Å². The van der Waals surface area contributed by atoms with Crippen molar-refractivity contribution in [2.24, 2.45) is 5.41 Å². The molecule has 1 aliphatic carbocycles. The molecule has 0 radical (unpaired) electrons. The fraction of sp³-hybridized carbons (Fsp3) is 0.303. The van der Waals surface area contributed by atoms with Crippen LogP contribution in [0, 0.1) is 22.6 Å². The molecule has 6 rings (SSSR count). The first-order valence-corrected chi connectivity index (χ1v) is 15.1. The van der Waals surface area contributed by atoms with Gasteiger partial charge in [0.1, 0.15) is 18.0 Å². The lowest BCUT2D eigenvalue weighted by molar-refractivity contribution is -0.0344. The van der Waals surface area contributed by atoms with Crippen LogP contribution in [0.2, 0.25) is 0 Å². The Morgan fingerprint density at radius 2 is 2.02 bits per heavy atom. The maximum atomic E-state index is 13.6. The highest BCUT2D eigenvalue weighted by molar-refractivity contribution is 6.58. The Kier molecular flexibility index (Phi) is 8.83. The van der Waals surface area contributed by atoms with Crippen LogP contribution in [-0.2, 0) is 6.42 Å². The summed E-state index contributed by atoms with van der Waals surface area (Å²) < 4.78 is 25.7. The minimum Gasteiger partial charge on any atom is -0.488 e. The molecule has 0 unspecified atom stereocenters. The standard InChI is InChI=1S/C33H32BFN6O5/c1-2-45-32-26(4-3-10-39-32)27-6-8-29(30(40-27)31(42)38-11-9-21-12-23(34(43)44)18-37-17-21)46-25-14-33(15-25)19-41(20-33)28-7-5-24(35)13-22(28)16-36/h3-8,10,12-13,17-18,25,43-44H,2,9,11,14-15,19-20H2,1H3,(H,38,42). The predicted octanol–water partition coefficient (Wildman–Crippen LogP) is 2.65. The third-order valence-electron chi connectivity index (χ3n) is 8.30. The Labute approximate surface area is 265 Å². The second-order valence-electron chi connectivity index (χ2n) is 11.6. The van der Waals surface area contributed by atoms with Crippen LogP contribution in [0.25, 0.3) is 11.3 Å². The number of anilines is 1. The summed E-state index contributed by atoms with van der Waals surface area (Å²) in [6, 6.07) is 15.1. The summed E-state index contributed by atoms with van der Waals surface area (Å²) in [6.45, 7) is 4.01. The second kappa shape index (κ2) is 13.1. The van der Waals surface area contributed by atoms with E-state index in [-0.39, 0.29) is 29.2 Å². The minimum absolute atomic E-state index is 0.0361. The zero-order chi connectivity index (χ0) is 32.3. The normalized spacial score (nSPS) is 15.0. The monoisotopic (exact) mass is 622 g/mol. The van der Waals surface area contributed by atoms with Crippen LogP contribution < -0.4 is 25.2 Å². The number of carbonyl (C=O) groups excluding carboxylic acids is 1. The van der Waals surface area contributed by atoms with Crippen molar-refractivity contribution in [2.45, 2.75) is 32.3 Å². The Morgan fingerprint density at radius 1 is 1.20 bits per heavy atom. The zero-order valence-electron chi connectivity index (χ0n) is 25.2. The van der Waals surface area contributed by atoms with Gasteiger partial charge in [-0.2, -0.15) is 5.26 Å². The molecule has 11 nitrogen and oxygen atoms in total. The number of benzene rings is 1. The Hall–Kier alpha value is -5.06. The molecule has 2 fully saturated rings. The van der Waals surface area contributed by atoms with Crippen LogP contribution in [-0.4, -0.2) is 70.4 Å². The van der Waals surface area contributed by atoms with Crippen LogP contribution in [0.15, 0.2) is 67.1 Å². The maximum absolute atomic E-state index is 13.6. The van der Waals surface area contributed by atoms with Crippen LogP contribution in [0.5, 0.6) is 11.6 Å². The molecule has 1 aliphatic heterocycles. The van der Waals surface area contributed by atoms with Gasteiger partial charge in [0.15, 0.2) is 11.4 Å². The third kappa shape index (κ3) is 6.49. The van der Waals surface area contributed by atoms with Crippen molar-refractivity contribution >= 4 is 24.2 Å². The highest BCUT2D eigenvalue weighted by Crippen LogP contribution is 2.51. The number of hydrogen-bond acceptors (Lipinski definition) is 10. The molecule has 234 valence electrons. The average Bonchev–Trinajstić information content (AvgIpc) is 3.02. The van der Waals surface area contributed by atoms with Crippen LogP contribution in [0.3, 0.4) is 0 Å². The molecule has 4 heterocycles. The number of rotatable bonds is 11. The summed E-state index contributed by atoms with van der Waals surface area (Å²) in [5, 5.41) is 31.2. The second-order valence-corrected chi connectivity index (χ2v) is 11.6. The van der Waals surface area contributed by atoms with Crippen molar-refractivity contribution in [1.29, 1.82) is 5.26 Å². The molecular weight excluding hydrogens is 590 g/mol. The van der Waals surface area contributed by atoms with E-state index in [1.165, 1.54) is 18.3 Å². The van der Waals surface area contributed by atoms with Crippen molar-refractivity contribution in [2.75, 3.05) is 31.1 Å². The van der Waals surface area contributed by atoms with E-state index in [1.54, 1.807) is 42.7 Å². The number of carbonyl (C=O) groups is 1. The molecule has 4 aromatic rings. The third-order valence-corrected chi connectivity index (χ3v) is 8.30. The van der Waals surface area contributed by atoms with Crippen LogP contribution in [0.4, 0.5) is 10.1 Å². The average molecular weight is 622 g/mol. The first-order valence-electron chi connectivity index (χ1n) is 15.1.